The lowest BCUT2D eigenvalue weighted by molar-refractivity contribution is 0.240. The topological polar surface area (TPSA) is 34.0 Å². The molecule has 0 aromatic carbocycles. The predicted octanol–water partition coefficient (Wildman–Crippen LogP) is 2.57. The summed E-state index contributed by atoms with van der Waals surface area (Å²) in [4.78, 5) is 11.9. The fourth-order valence-electron chi connectivity index (χ4n) is 1.92. The van der Waals surface area contributed by atoms with Gasteiger partial charge in [-0.2, -0.15) is 0 Å². The molecule has 0 spiro atoms. The average Bonchev–Trinajstić information content (AvgIpc) is 2.25. The van der Waals surface area contributed by atoms with Gasteiger partial charge >= 0.3 is 0 Å². The Balaban J connectivity index is 2.86. The van der Waals surface area contributed by atoms with Crippen molar-refractivity contribution in [1.82, 2.24) is 9.88 Å². The molecule has 0 saturated carbocycles. The summed E-state index contributed by atoms with van der Waals surface area (Å²) in [7, 11) is 0. The maximum absolute atomic E-state index is 11.9. The van der Waals surface area contributed by atoms with Gasteiger partial charge < -0.3 is 9.88 Å². The van der Waals surface area contributed by atoms with Gasteiger partial charge in [-0.15, -0.1) is 0 Å². The Labute approximate surface area is 110 Å². The van der Waals surface area contributed by atoms with Crippen LogP contribution < -0.4 is 10.9 Å². The van der Waals surface area contributed by atoms with Crippen molar-refractivity contribution in [1.29, 1.82) is 0 Å². The number of hydrogen-bond donors (Lipinski definition) is 1. The van der Waals surface area contributed by atoms with Crippen LogP contribution in [0.4, 0.5) is 0 Å². The summed E-state index contributed by atoms with van der Waals surface area (Å²) < 4.78 is 1.80. The first-order valence-electron chi connectivity index (χ1n) is 6.75. The molecule has 1 heterocycles. The monoisotopic (exact) mass is 250 g/mol. The summed E-state index contributed by atoms with van der Waals surface area (Å²) in [6, 6.07) is 3.98. The minimum absolute atomic E-state index is 0.0857. The number of nitrogens with one attached hydrogen (secondary N) is 1. The van der Waals surface area contributed by atoms with Crippen LogP contribution >= 0.6 is 0 Å². The maximum atomic E-state index is 11.9. The zero-order chi connectivity index (χ0) is 13.8. The molecule has 0 fully saturated rings. The Bertz CT molecular complexity index is 429. The van der Waals surface area contributed by atoms with E-state index < -0.39 is 0 Å². The smallest absolute Gasteiger partial charge is 0.250 e. The van der Waals surface area contributed by atoms with E-state index in [1.807, 2.05) is 19.2 Å². The van der Waals surface area contributed by atoms with Gasteiger partial charge in [-0.25, -0.2) is 0 Å². The second-order valence-electron chi connectivity index (χ2n) is 6.07. The van der Waals surface area contributed by atoms with E-state index in [0.717, 1.165) is 25.1 Å². The number of nitrogens with zero attached hydrogens (tertiary/aromatic N) is 1. The molecule has 3 nitrogen and oxygen atoms in total. The second-order valence-corrected chi connectivity index (χ2v) is 6.07. The molecular formula is C15H26N2O. The van der Waals surface area contributed by atoms with Crippen molar-refractivity contribution < 1.29 is 0 Å². The second kappa shape index (κ2) is 6.19. The third-order valence-corrected chi connectivity index (χ3v) is 3.22. The van der Waals surface area contributed by atoms with Crippen molar-refractivity contribution in [3.8, 4) is 0 Å². The number of rotatable bonds is 5. The van der Waals surface area contributed by atoms with Crippen molar-refractivity contribution in [3.63, 3.8) is 0 Å². The number of aromatic nitrogens is 1. The number of aryl methyl sites for hydroxylation is 1. The molecule has 1 atom stereocenters. The normalized spacial score (nSPS) is 13.6. The van der Waals surface area contributed by atoms with E-state index in [-0.39, 0.29) is 11.0 Å². The van der Waals surface area contributed by atoms with Crippen LogP contribution in [-0.4, -0.2) is 17.2 Å². The van der Waals surface area contributed by atoms with Gasteiger partial charge in [0.2, 0.25) is 0 Å². The molecule has 0 aliphatic carbocycles. The minimum atomic E-state index is 0.0857. The van der Waals surface area contributed by atoms with E-state index in [4.69, 9.17) is 0 Å². The van der Waals surface area contributed by atoms with Crippen molar-refractivity contribution in [2.24, 2.45) is 5.41 Å². The van der Waals surface area contributed by atoms with E-state index in [2.05, 4.69) is 33.0 Å². The molecule has 1 aromatic heterocycles. The van der Waals surface area contributed by atoms with Gasteiger partial charge in [0.25, 0.3) is 5.56 Å². The fraction of sp³-hybridized carbons (Fsp3) is 0.667. The van der Waals surface area contributed by atoms with E-state index in [9.17, 15) is 4.79 Å². The molecule has 0 aliphatic rings. The summed E-state index contributed by atoms with van der Waals surface area (Å²) >= 11 is 0. The highest BCUT2D eigenvalue weighted by atomic mass is 16.1. The molecule has 1 aromatic rings. The molecule has 0 bridgehead atoms. The Hall–Kier alpha value is -1.09. The fourth-order valence-corrected chi connectivity index (χ4v) is 1.92. The highest BCUT2D eigenvalue weighted by Crippen LogP contribution is 2.20. The molecule has 18 heavy (non-hydrogen) atoms. The van der Waals surface area contributed by atoms with Crippen LogP contribution in [-0.2, 0) is 6.54 Å². The van der Waals surface area contributed by atoms with Crippen LogP contribution in [0.2, 0.25) is 0 Å². The number of hydrogen-bond acceptors (Lipinski definition) is 2. The van der Waals surface area contributed by atoms with Crippen LogP contribution in [0.1, 0.15) is 39.7 Å². The first-order chi connectivity index (χ1) is 8.34. The van der Waals surface area contributed by atoms with E-state index >= 15 is 0 Å². The van der Waals surface area contributed by atoms with Crippen LogP contribution in [0.25, 0.3) is 0 Å². The average molecular weight is 250 g/mol. The third-order valence-electron chi connectivity index (χ3n) is 3.22. The van der Waals surface area contributed by atoms with Gasteiger partial charge in [0.1, 0.15) is 0 Å². The molecule has 102 valence electrons. The molecule has 0 aliphatic heterocycles. The van der Waals surface area contributed by atoms with Gasteiger partial charge in [-0.3, -0.25) is 4.79 Å². The minimum Gasteiger partial charge on any atom is -0.314 e. The van der Waals surface area contributed by atoms with Crippen molar-refractivity contribution in [3.05, 3.63) is 34.2 Å². The zero-order valence-electron chi connectivity index (χ0n) is 12.3. The molecule has 0 radical (unpaired) electrons. The van der Waals surface area contributed by atoms with Gasteiger partial charge in [0.15, 0.2) is 0 Å². The van der Waals surface area contributed by atoms with Crippen molar-refractivity contribution in [2.45, 2.75) is 53.6 Å². The lowest BCUT2D eigenvalue weighted by Gasteiger charge is -2.32. The molecular weight excluding hydrogens is 224 g/mol. The number of pyridine rings is 1. The van der Waals surface area contributed by atoms with Crippen molar-refractivity contribution >= 4 is 0 Å². The summed E-state index contributed by atoms with van der Waals surface area (Å²) in [5.74, 6) is 0. The first kappa shape index (κ1) is 15.0. The Kier molecular flexibility index (Phi) is 5.15. The van der Waals surface area contributed by atoms with Gasteiger partial charge in [-0.1, -0.05) is 27.7 Å². The lowest BCUT2D eigenvalue weighted by Crippen LogP contribution is -2.45. The third kappa shape index (κ3) is 4.30. The van der Waals surface area contributed by atoms with Crippen LogP contribution in [0.15, 0.2) is 23.1 Å². The van der Waals surface area contributed by atoms with E-state index in [1.165, 1.54) is 0 Å². The zero-order valence-corrected chi connectivity index (χ0v) is 12.3. The van der Waals surface area contributed by atoms with Gasteiger partial charge in [-0.05, 0) is 36.9 Å². The van der Waals surface area contributed by atoms with Crippen LogP contribution in [0, 0.1) is 12.3 Å². The highest BCUT2D eigenvalue weighted by Gasteiger charge is 2.24. The Morgan fingerprint density at radius 3 is 2.56 bits per heavy atom. The first-order valence-corrected chi connectivity index (χ1v) is 6.75. The van der Waals surface area contributed by atoms with Crippen molar-refractivity contribution in [2.75, 3.05) is 6.54 Å². The maximum Gasteiger partial charge on any atom is 0.250 e. The highest BCUT2D eigenvalue weighted by molar-refractivity contribution is 5.08. The molecule has 1 N–H and O–H groups in total. The van der Waals surface area contributed by atoms with E-state index in [0.29, 0.717) is 6.04 Å². The summed E-state index contributed by atoms with van der Waals surface area (Å²) in [5, 5.41) is 3.54. The quantitative estimate of drug-likeness (QED) is 0.871. The Morgan fingerprint density at radius 2 is 2.06 bits per heavy atom. The molecule has 0 amide bonds. The summed E-state index contributed by atoms with van der Waals surface area (Å²) in [6.07, 6.45) is 3.00. The van der Waals surface area contributed by atoms with Gasteiger partial charge in [0, 0.05) is 24.8 Å². The largest absolute Gasteiger partial charge is 0.314 e. The molecule has 0 saturated heterocycles. The van der Waals surface area contributed by atoms with Crippen LogP contribution in [0.5, 0.6) is 0 Å². The molecule has 1 rings (SSSR count). The molecule has 1 unspecified atom stereocenters. The van der Waals surface area contributed by atoms with Crippen LogP contribution in [0.3, 0.4) is 0 Å². The Morgan fingerprint density at radius 1 is 1.39 bits per heavy atom. The standard InChI is InChI=1S/C15H26N2O/c1-6-8-16-13(15(3,4)5)11-17-9-7-12(2)10-14(17)18/h7,9-10,13,16H,6,8,11H2,1-5H3. The van der Waals surface area contributed by atoms with E-state index in [1.54, 1.807) is 10.6 Å². The molecule has 3 heteroatoms. The van der Waals surface area contributed by atoms with Gasteiger partial charge in [0.05, 0.1) is 0 Å². The lowest BCUT2D eigenvalue weighted by atomic mass is 9.86. The summed E-state index contributed by atoms with van der Waals surface area (Å²) in [5.41, 5.74) is 1.24. The SMILES string of the molecule is CCCNC(Cn1ccc(C)cc1=O)C(C)(C)C. The summed E-state index contributed by atoms with van der Waals surface area (Å²) in [6.45, 7) is 12.4. The predicted molar refractivity (Wildman–Crippen MR) is 77.0 cm³/mol.